The van der Waals surface area contributed by atoms with Crippen LogP contribution in [0.25, 0.3) is 11.4 Å². The summed E-state index contributed by atoms with van der Waals surface area (Å²) in [6.07, 6.45) is 0.789. The van der Waals surface area contributed by atoms with Gasteiger partial charge in [0.1, 0.15) is 18.1 Å². The molecule has 1 aromatic carbocycles. The van der Waals surface area contributed by atoms with Gasteiger partial charge >= 0.3 is 6.09 Å². The molecule has 3 heterocycles. The lowest BCUT2D eigenvalue weighted by Gasteiger charge is -2.21. The Balaban J connectivity index is 1.62. The number of anilines is 1. The van der Waals surface area contributed by atoms with Crippen LogP contribution < -0.4 is 16.2 Å². The molecule has 0 saturated heterocycles. The fourth-order valence-corrected chi connectivity index (χ4v) is 4.36. The van der Waals surface area contributed by atoms with Gasteiger partial charge in [-0.25, -0.2) is 9.78 Å². The van der Waals surface area contributed by atoms with Crippen LogP contribution in [-0.4, -0.2) is 55.7 Å². The molecule has 4 aromatic rings. The maximum Gasteiger partial charge on any atom is 0.411 e. The average Bonchev–Trinajstić information content (AvgIpc) is 3.51. The molecule has 0 aliphatic rings. The van der Waals surface area contributed by atoms with Crippen molar-refractivity contribution in [2.45, 2.75) is 52.6 Å². The molecule has 2 amide bonds. The lowest BCUT2D eigenvalue weighted by atomic mass is 9.89. The second-order valence-electron chi connectivity index (χ2n) is 10.7. The lowest BCUT2D eigenvalue weighted by Crippen LogP contribution is -2.47. The zero-order valence-electron chi connectivity index (χ0n) is 24.7. The van der Waals surface area contributed by atoms with Crippen LogP contribution in [0.3, 0.4) is 0 Å². The van der Waals surface area contributed by atoms with Gasteiger partial charge in [-0.05, 0) is 38.8 Å². The summed E-state index contributed by atoms with van der Waals surface area (Å²) in [5, 5.41) is 13.1. The van der Waals surface area contributed by atoms with Crippen LogP contribution in [0.1, 0.15) is 55.7 Å². The molecule has 0 aliphatic heterocycles. The smallest absolute Gasteiger partial charge is 0.411 e. The van der Waals surface area contributed by atoms with Gasteiger partial charge in [0.25, 0.3) is 11.4 Å². The number of aromatic nitrogens is 5. The van der Waals surface area contributed by atoms with Gasteiger partial charge < -0.3 is 14.5 Å². The highest BCUT2D eigenvalue weighted by atomic mass is 16.5. The number of pyridine rings is 1. The molecule has 0 radical (unpaired) electrons. The van der Waals surface area contributed by atoms with Crippen LogP contribution in [0.4, 0.5) is 10.5 Å². The van der Waals surface area contributed by atoms with E-state index in [4.69, 9.17) is 4.42 Å². The number of ketones is 1. The molecule has 0 spiro atoms. The molecular weight excluding hydrogens is 554 g/mol. The summed E-state index contributed by atoms with van der Waals surface area (Å²) < 4.78 is 11.5. The molecule has 13 heteroatoms. The number of ether oxygens (including phenoxy) is 1. The van der Waals surface area contributed by atoms with Crippen molar-refractivity contribution in [2.24, 2.45) is 5.92 Å². The fourth-order valence-electron chi connectivity index (χ4n) is 4.36. The highest BCUT2D eigenvalue weighted by Gasteiger charge is 2.35. The normalized spacial score (nSPS) is 12.1. The van der Waals surface area contributed by atoms with Crippen molar-refractivity contribution < 1.29 is 23.5 Å². The van der Waals surface area contributed by atoms with E-state index in [2.05, 4.69) is 35.5 Å². The third kappa shape index (κ3) is 6.66. The maximum atomic E-state index is 13.5. The van der Waals surface area contributed by atoms with Crippen molar-refractivity contribution >= 4 is 23.5 Å². The highest BCUT2D eigenvalue weighted by Crippen LogP contribution is 2.29. The number of hydrogen-bond donors (Lipinski definition) is 2. The standard InChI is InChI=1S/C30H33N7O6/c1-17(2)22(24(39)26-35-36-28(43-26)30(4,5)20-14-10-11-15-31-20)33-21(38)16-37-25(19-12-8-7-9-13-19)32-18(3)23(27(37)40)34-29(41)42-6/h7-15,17,22H,16H2,1-6H3,(H,33,38)(H,34,41)/t22-/m1/s1. The van der Waals surface area contributed by atoms with Gasteiger partial charge in [-0.1, -0.05) is 50.2 Å². The number of Topliss-reactive ketones (excluding diaryl/α,β-unsaturated/α-hetero) is 1. The molecule has 2 N–H and O–H groups in total. The van der Waals surface area contributed by atoms with E-state index in [0.29, 0.717) is 11.3 Å². The number of benzene rings is 1. The predicted molar refractivity (Wildman–Crippen MR) is 156 cm³/mol. The van der Waals surface area contributed by atoms with E-state index in [-0.39, 0.29) is 34.9 Å². The quantitative estimate of drug-likeness (QED) is 0.262. The first-order chi connectivity index (χ1) is 20.4. The van der Waals surface area contributed by atoms with Crippen molar-refractivity contribution in [1.82, 2.24) is 30.0 Å². The first-order valence-electron chi connectivity index (χ1n) is 13.5. The second kappa shape index (κ2) is 12.8. The Morgan fingerprint density at radius 2 is 1.74 bits per heavy atom. The van der Waals surface area contributed by atoms with E-state index in [1.165, 1.54) is 0 Å². The van der Waals surface area contributed by atoms with E-state index in [1.807, 2.05) is 26.0 Å². The minimum atomic E-state index is -1.04. The number of nitrogens with zero attached hydrogens (tertiary/aromatic N) is 5. The lowest BCUT2D eigenvalue weighted by molar-refractivity contribution is -0.122. The zero-order valence-corrected chi connectivity index (χ0v) is 24.7. The zero-order chi connectivity index (χ0) is 31.3. The Morgan fingerprint density at radius 3 is 2.37 bits per heavy atom. The summed E-state index contributed by atoms with van der Waals surface area (Å²) in [6.45, 7) is 8.27. The van der Waals surface area contributed by atoms with Gasteiger partial charge in [0, 0.05) is 11.8 Å². The number of carbonyl (C=O) groups excluding carboxylic acids is 3. The largest absolute Gasteiger partial charge is 0.453 e. The fraction of sp³-hybridized carbons (Fsp3) is 0.333. The molecule has 3 aromatic heterocycles. The summed E-state index contributed by atoms with van der Waals surface area (Å²) >= 11 is 0. The molecule has 0 unspecified atom stereocenters. The van der Waals surface area contributed by atoms with Gasteiger partial charge in [-0.15, -0.1) is 10.2 Å². The maximum absolute atomic E-state index is 13.5. The first kappa shape index (κ1) is 30.8. The van der Waals surface area contributed by atoms with E-state index in [1.54, 1.807) is 63.4 Å². The Bertz CT molecular complexity index is 1680. The Kier molecular flexibility index (Phi) is 9.12. The third-order valence-corrected chi connectivity index (χ3v) is 6.84. The van der Waals surface area contributed by atoms with E-state index in [9.17, 15) is 19.2 Å². The van der Waals surface area contributed by atoms with Crippen LogP contribution >= 0.6 is 0 Å². The molecular formula is C30H33N7O6. The number of hydrogen-bond acceptors (Lipinski definition) is 10. The summed E-state index contributed by atoms with van der Waals surface area (Å²) in [4.78, 5) is 61.2. The number of rotatable bonds is 10. The summed E-state index contributed by atoms with van der Waals surface area (Å²) in [5.41, 5.74) is -0.0825. The van der Waals surface area contributed by atoms with Gasteiger partial charge in [0.15, 0.2) is 0 Å². The van der Waals surface area contributed by atoms with Gasteiger partial charge in [-0.3, -0.25) is 29.3 Å². The number of methoxy groups -OCH3 is 1. The van der Waals surface area contributed by atoms with Gasteiger partial charge in [0.05, 0.1) is 30.0 Å². The van der Waals surface area contributed by atoms with Crippen molar-refractivity contribution in [3.05, 3.63) is 88.3 Å². The van der Waals surface area contributed by atoms with Crippen LogP contribution in [0, 0.1) is 12.8 Å². The molecule has 43 heavy (non-hydrogen) atoms. The molecule has 0 bridgehead atoms. The van der Waals surface area contributed by atoms with Crippen LogP contribution in [-0.2, 0) is 21.5 Å². The number of aryl methyl sites for hydroxylation is 1. The first-order valence-corrected chi connectivity index (χ1v) is 13.5. The summed E-state index contributed by atoms with van der Waals surface area (Å²) in [5.74, 6) is -1.45. The molecule has 0 aliphatic carbocycles. The molecule has 1 atom stereocenters. The Hall–Kier alpha value is -5.20. The Labute approximate surface area is 247 Å². The predicted octanol–water partition coefficient (Wildman–Crippen LogP) is 3.52. The molecule has 0 fully saturated rings. The molecule has 4 rings (SSSR count). The van der Waals surface area contributed by atoms with Crippen molar-refractivity contribution in [3.8, 4) is 11.4 Å². The number of nitrogens with one attached hydrogen (secondary N) is 2. The topological polar surface area (TPSA) is 171 Å². The molecule has 13 nitrogen and oxygen atoms in total. The van der Waals surface area contributed by atoms with E-state index in [0.717, 1.165) is 11.7 Å². The SMILES string of the molecule is COC(=O)Nc1c(C)nc(-c2ccccc2)n(CC(=O)N[C@@H](C(=O)c2nnc(C(C)(C)c3ccccn3)o2)C(C)C)c1=O. The van der Waals surface area contributed by atoms with E-state index < -0.39 is 41.3 Å². The summed E-state index contributed by atoms with van der Waals surface area (Å²) in [6, 6.07) is 13.2. The van der Waals surface area contributed by atoms with Gasteiger partial charge in [0.2, 0.25) is 17.6 Å². The van der Waals surface area contributed by atoms with E-state index >= 15 is 0 Å². The van der Waals surface area contributed by atoms with Crippen LogP contribution in [0.15, 0.2) is 63.9 Å². The minimum absolute atomic E-state index is 0.135. The van der Waals surface area contributed by atoms with Gasteiger partial charge in [-0.2, -0.15) is 0 Å². The monoisotopic (exact) mass is 587 g/mol. The minimum Gasteiger partial charge on any atom is -0.453 e. The number of carbonyl (C=O) groups is 3. The molecule has 224 valence electrons. The van der Waals surface area contributed by atoms with Crippen molar-refractivity contribution in [1.29, 1.82) is 0 Å². The molecule has 0 saturated carbocycles. The Morgan fingerprint density at radius 1 is 1.05 bits per heavy atom. The summed E-state index contributed by atoms with van der Waals surface area (Å²) in [7, 11) is 1.16. The highest BCUT2D eigenvalue weighted by molar-refractivity contribution is 5.98. The third-order valence-electron chi connectivity index (χ3n) is 6.84. The average molecular weight is 588 g/mol. The van der Waals surface area contributed by atoms with Crippen LogP contribution in [0.2, 0.25) is 0 Å². The van der Waals surface area contributed by atoms with Crippen molar-refractivity contribution in [2.75, 3.05) is 12.4 Å². The van der Waals surface area contributed by atoms with Crippen LogP contribution in [0.5, 0.6) is 0 Å². The second-order valence-corrected chi connectivity index (χ2v) is 10.7. The van der Waals surface area contributed by atoms with Crippen molar-refractivity contribution in [3.63, 3.8) is 0 Å². The number of amides is 2.